The largest absolute Gasteiger partial charge is 0.301 e. The van der Waals surface area contributed by atoms with Gasteiger partial charge in [-0.15, -0.1) is 11.3 Å². The van der Waals surface area contributed by atoms with Crippen molar-refractivity contribution in [2.75, 3.05) is 18.4 Å². The second-order valence-corrected chi connectivity index (χ2v) is 7.90. The highest BCUT2D eigenvalue weighted by Crippen LogP contribution is 2.27. The molecule has 4 rings (SSSR count). The van der Waals surface area contributed by atoms with Crippen LogP contribution in [0.1, 0.15) is 16.0 Å². The lowest BCUT2D eigenvalue weighted by Crippen LogP contribution is -2.36. The number of nitrogens with one attached hydrogen (secondary N) is 1. The predicted molar refractivity (Wildman–Crippen MR) is 96.3 cm³/mol. The molecule has 0 fully saturated rings. The molecule has 1 N–H and O–H groups in total. The first-order valence-electron chi connectivity index (χ1n) is 7.62. The monoisotopic (exact) mass is 343 g/mol. The van der Waals surface area contributed by atoms with Crippen molar-refractivity contribution in [2.45, 2.75) is 19.9 Å². The average molecular weight is 343 g/mol. The van der Waals surface area contributed by atoms with E-state index in [1.807, 2.05) is 23.5 Å². The summed E-state index contributed by atoms with van der Waals surface area (Å²) in [5.74, 6) is 0.0134. The van der Waals surface area contributed by atoms with E-state index in [4.69, 9.17) is 0 Å². The number of hydrogen-bond acceptors (Lipinski definition) is 5. The van der Waals surface area contributed by atoms with E-state index in [0.717, 1.165) is 29.7 Å². The van der Waals surface area contributed by atoms with Crippen LogP contribution in [0.15, 0.2) is 29.6 Å². The molecule has 3 heterocycles. The third-order valence-electron chi connectivity index (χ3n) is 4.04. The van der Waals surface area contributed by atoms with Gasteiger partial charge in [-0.05, 0) is 48.1 Å². The van der Waals surface area contributed by atoms with Crippen LogP contribution in [0.4, 0.5) is 5.13 Å². The number of hydrogen-bond donors (Lipinski definition) is 1. The molecule has 0 radical (unpaired) electrons. The van der Waals surface area contributed by atoms with Crippen LogP contribution in [-0.4, -0.2) is 28.9 Å². The maximum atomic E-state index is 12.3. The Morgan fingerprint density at radius 2 is 2.30 bits per heavy atom. The maximum Gasteiger partial charge on any atom is 0.240 e. The summed E-state index contributed by atoms with van der Waals surface area (Å²) in [6, 6.07) is 8.31. The highest BCUT2D eigenvalue weighted by atomic mass is 32.1. The minimum Gasteiger partial charge on any atom is -0.301 e. The Morgan fingerprint density at radius 3 is 3.22 bits per heavy atom. The minimum atomic E-state index is 0.0134. The Bertz CT molecular complexity index is 868. The van der Waals surface area contributed by atoms with Gasteiger partial charge < -0.3 is 5.32 Å². The first kappa shape index (κ1) is 14.8. The number of aromatic nitrogens is 1. The lowest BCUT2D eigenvalue weighted by Gasteiger charge is -2.25. The number of fused-ring (bicyclic) bond motifs is 2. The Hall–Kier alpha value is -1.76. The third-order valence-corrected chi connectivity index (χ3v) is 6.00. The molecule has 4 nitrogen and oxygen atoms in total. The number of anilines is 1. The van der Waals surface area contributed by atoms with Gasteiger partial charge in [0.05, 0.1) is 16.8 Å². The van der Waals surface area contributed by atoms with Crippen molar-refractivity contribution in [1.82, 2.24) is 9.88 Å². The quantitative estimate of drug-likeness (QED) is 0.789. The fraction of sp³-hybridized carbons (Fsp3) is 0.294. The van der Waals surface area contributed by atoms with E-state index in [-0.39, 0.29) is 5.91 Å². The summed E-state index contributed by atoms with van der Waals surface area (Å²) in [4.78, 5) is 20.4. The normalized spacial score (nSPS) is 14.8. The molecule has 118 valence electrons. The number of carbonyl (C=O) groups is 1. The summed E-state index contributed by atoms with van der Waals surface area (Å²) in [5, 5.41) is 5.77. The van der Waals surface area contributed by atoms with E-state index < -0.39 is 0 Å². The van der Waals surface area contributed by atoms with Gasteiger partial charge in [0.15, 0.2) is 5.13 Å². The first-order valence-corrected chi connectivity index (χ1v) is 9.31. The zero-order valence-electron chi connectivity index (χ0n) is 12.8. The van der Waals surface area contributed by atoms with Crippen LogP contribution >= 0.6 is 22.7 Å². The number of nitrogens with zero attached hydrogens (tertiary/aromatic N) is 2. The van der Waals surface area contributed by atoms with Gasteiger partial charge in [-0.2, -0.15) is 0 Å². The van der Waals surface area contributed by atoms with Crippen LogP contribution in [0, 0.1) is 6.92 Å². The fourth-order valence-corrected chi connectivity index (χ4v) is 4.76. The lowest BCUT2D eigenvalue weighted by atomic mass is 10.1. The predicted octanol–water partition coefficient (Wildman–Crippen LogP) is 3.66. The molecule has 0 saturated heterocycles. The van der Waals surface area contributed by atoms with Crippen molar-refractivity contribution in [2.24, 2.45) is 0 Å². The summed E-state index contributed by atoms with van der Waals surface area (Å²) < 4.78 is 1.11. The molecule has 1 amide bonds. The molecule has 0 aliphatic carbocycles. The second kappa shape index (κ2) is 6.03. The molecular weight excluding hydrogens is 326 g/mol. The molecular formula is C17H17N3OS2. The first-order chi connectivity index (χ1) is 11.2. The van der Waals surface area contributed by atoms with Crippen LogP contribution in [0.25, 0.3) is 10.2 Å². The Labute approximate surface area is 142 Å². The summed E-state index contributed by atoms with van der Waals surface area (Å²) in [7, 11) is 0. The molecule has 0 bridgehead atoms. The molecule has 1 aliphatic heterocycles. The third kappa shape index (κ3) is 3.15. The topological polar surface area (TPSA) is 45.2 Å². The smallest absolute Gasteiger partial charge is 0.240 e. The van der Waals surface area contributed by atoms with Crippen molar-refractivity contribution in [3.63, 3.8) is 0 Å². The van der Waals surface area contributed by atoms with E-state index >= 15 is 0 Å². The summed E-state index contributed by atoms with van der Waals surface area (Å²) in [6.07, 6.45) is 1.04. The van der Waals surface area contributed by atoms with Gasteiger partial charge in [0.1, 0.15) is 0 Å². The van der Waals surface area contributed by atoms with E-state index in [9.17, 15) is 4.79 Å². The number of aryl methyl sites for hydroxylation is 1. The van der Waals surface area contributed by atoms with Gasteiger partial charge in [-0.25, -0.2) is 4.98 Å². The van der Waals surface area contributed by atoms with E-state index in [1.54, 1.807) is 0 Å². The fourth-order valence-electron chi connectivity index (χ4n) is 2.89. The van der Waals surface area contributed by atoms with Crippen LogP contribution in [0.5, 0.6) is 0 Å². The average Bonchev–Trinajstić information content (AvgIpc) is 3.11. The van der Waals surface area contributed by atoms with Crippen molar-refractivity contribution < 1.29 is 4.79 Å². The second-order valence-electron chi connectivity index (χ2n) is 5.87. The molecule has 1 aliphatic rings. The minimum absolute atomic E-state index is 0.0134. The van der Waals surface area contributed by atoms with Crippen LogP contribution in [-0.2, 0) is 17.8 Å². The van der Waals surface area contributed by atoms with Gasteiger partial charge in [0, 0.05) is 18.0 Å². The SMILES string of the molecule is Cc1ccc2nc(NC(=O)CN3CCc4sccc4C3)sc2c1. The number of thiazole rings is 1. The Morgan fingerprint density at radius 1 is 1.39 bits per heavy atom. The molecule has 0 unspecified atom stereocenters. The molecule has 0 spiro atoms. The lowest BCUT2D eigenvalue weighted by molar-refractivity contribution is -0.117. The molecule has 3 aromatic rings. The molecule has 6 heteroatoms. The van der Waals surface area contributed by atoms with Crippen molar-refractivity contribution in [3.05, 3.63) is 45.6 Å². The molecule has 23 heavy (non-hydrogen) atoms. The van der Waals surface area contributed by atoms with E-state index in [1.165, 1.54) is 27.3 Å². The van der Waals surface area contributed by atoms with Gasteiger partial charge in [-0.1, -0.05) is 17.4 Å². The Kier molecular flexibility index (Phi) is 3.88. The van der Waals surface area contributed by atoms with Crippen LogP contribution in [0.3, 0.4) is 0 Å². The van der Waals surface area contributed by atoms with Crippen LogP contribution < -0.4 is 5.32 Å². The van der Waals surface area contributed by atoms with E-state index in [0.29, 0.717) is 11.7 Å². The van der Waals surface area contributed by atoms with Gasteiger partial charge in [-0.3, -0.25) is 9.69 Å². The number of rotatable bonds is 3. The summed E-state index contributed by atoms with van der Waals surface area (Å²) >= 11 is 3.35. The standard InChI is InChI=1S/C17H17N3OS2/c1-11-2-3-13-15(8-11)23-17(18-13)19-16(21)10-20-6-4-14-12(9-20)5-7-22-14/h2-3,5,7-8H,4,6,9-10H2,1H3,(H,18,19,21). The molecule has 1 aromatic carbocycles. The van der Waals surface area contributed by atoms with Crippen molar-refractivity contribution >= 4 is 43.9 Å². The van der Waals surface area contributed by atoms with E-state index in [2.05, 4.69) is 39.6 Å². The van der Waals surface area contributed by atoms with Gasteiger partial charge >= 0.3 is 0 Å². The maximum absolute atomic E-state index is 12.3. The summed E-state index contributed by atoms with van der Waals surface area (Å²) in [6.45, 7) is 4.29. The number of thiophene rings is 1. The van der Waals surface area contributed by atoms with Crippen LogP contribution in [0.2, 0.25) is 0 Å². The zero-order valence-corrected chi connectivity index (χ0v) is 14.5. The van der Waals surface area contributed by atoms with Crippen molar-refractivity contribution in [1.29, 1.82) is 0 Å². The van der Waals surface area contributed by atoms with Gasteiger partial charge in [0.25, 0.3) is 0 Å². The highest BCUT2D eigenvalue weighted by molar-refractivity contribution is 7.22. The number of carbonyl (C=O) groups excluding carboxylic acids is 1. The zero-order chi connectivity index (χ0) is 15.8. The molecule has 0 atom stereocenters. The molecule has 2 aromatic heterocycles. The Balaban J connectivity index is 1.41. The highest BCUT2D eigenvalue weighted by Gasteiger charge is 2.19. The number of benzene rings is 1. The summed E-state index contributed by atoms with van der Waals surface area (Å²) in [5.41, 5.74) is 3.51. The van der Waals surface area contributed by atoms with Gasteiger partial charge in [0.2, 0.25) is 5.91 Å². The van der Waals surface area contributed by atoms with Crippen molar-refractivity contribution in [3.8, 4) is 0 Å². The molecule has 0 saturated carbocycles. The number of amides is 1.